The van der Waals surface area contributed by atoms with Gasteiger partial charge < -0.3 is 10.2 Å². The maximum atomic E-state index is 3.57. The van der Waals surface area contributed by atoms with Crippen LogP contribution in [0.2, 0.25) is 0 Å². The third-order valence-electron chi connectivity index (χ3n) is 4.15. The minimum atomic E-state index is 0.241. The highest BCUT2D eigenvalue weighted by Crippen LogP contribution is 2.24. The molecule has 0 saturated carbocycles. The number of nitrogens with zero attached hydrogens (tertiary/aromatic N) is 1. The van der Waals surface area contributed by atoms with Gasteiger partial charge in [-0.3, -0.25) is 0 Å². The van der Waals surface area contributed by atoms with E-state index >= 15 is 0 Å². The Morgan fingerprint density at radius 2 is 1.89 bits per heavy atom. The molecule has 0 aromatic heterocycles. The predicted molar refractivity (Wildman–Crippen MR) is 84.1 cm³/mol. The van der Waals surface area contributed by atoms with Gasteiger partial charge in [0, 0.05) is 25.3 Å². The number of hydrogen-bond acceptors (Lipinski definition) is 2. The van der Waals surface area contributed by atoms with Crippen molar-refractivity contribution in [2.45, 2.75) is 51.5 Å². The van der Waals surface area contributed by atoms with Crippen LogP contribution in [-0.4, -0.2) is 26.2 Å². The van der Waals surface area contributed by atoms with Crippen molar-refractivity contribution in [1.29, 1.82) is 0 Å². The van der Waals surface area contributed by atoms with Crippen molar-refractivity contribution >= 4 is 5.69 Å². The lowest BCUT2D eigenvalue weighted by Crippen LogP contribution is -2.28. The van der Waals surface area contributed by atoms with E-state index in [-0.39, 0.29) is 5.41 Å². The molecule has 0 spiro atoms. The second-order valence-corrected chi connectivity index (χ2v) is 6.80. The van der Waals surface area contributed by atoms with Crippen molar-refractivity contribution in [3.63, 3.8) is 0 Å². The second kappa shape index (κ2) is 5.96. The zero-order chi connectivity index (χ0) is 13.9. The zero-order valence-corrected chi connectivity index (χ0v) is 12.9. The molecular weight excluding hydrogens is 232 g/mol. The monoisotopic (exact) mass is 260 g/mol. The smallest absolute Gasteiger partial charge is 0.0363 e. The molecule has 19 heavy (non-hydrogen) atoms. The van der Waals surface area contributed by atoms with Crippen molar-refractivity contribution in [3.05, 3.63) is 29.8 Å². The molecule has 0 aliphatic carbocycles. The molecule has 1 fully saturated rings. The number of hydrogen-bond donors (Lipinski definition) is 1. The molecule has 106 valence electrons. The maximum absolute atomic E-state index is 3.57. The zero-order valence-electron chi connectivity index (χ0n) is 12.9. The lowest BCUT2D eigenvalue weighted by molar-refractivity contribution is 0.559. The summed E-state index contributed by atoms with van der Waals surface area (Å²) in [5, 5.41) is 3.57. The van der Waals surface area contributed by atoms with Gasteiger partial charge in [-0.15, -0.1) is 0 Å². The topological polar surface area (TPSA) is 15.3 Å². The van der Waals surface area contributed by atoms with Gasteiger partial charge in [0.05, 0.1) is 0 Å². The van der Waals surface area contributed by atoms with E-state index in [1.165, 1.54) is 37.1 Å². The predicted octanol–water partition coefficient (Wildman–Crippen LogP) is 3.56. The first kappa shape index (κ1) is 14.4. The molecule has 2 rings (SSSR count). The highest BCUT2D eigenvalue weighted by Gasteiger charge is 2.15. The first-order valence-corrected chi connectivity index (χ1v) is 7.52. The summed E-state index contributed by atoms with van der Waals surface area (Å²) in [6.07, 6.45) is 3.93. The Morgan fingerprint density at radius 3 is 2.42 bits per heavy atom. The number of rotatable bonds is 4. The molecule has 0 amide bonds. The van der Waals surface area contributed by atoms with E-state index in [1.54, 1.807) is 0 Å². The molecule has 0 radical (unpaired) electrons. The number of nitrogens with one attached hydrogen (secondary N) is 1. The summed E-state index contributed by atoms with van der Waals surface area (Å²) in [5.41, 5.74) is 2.97. The molecule has 1 aromatic rings. The van der Waals surface area contributed by atoms with Gasteiger partial charge in [0.2, 0.25) is 0 Å². The van der Waals surface area contributed by atoms with Crippen LogP contribution in [0.5, 0.6) is 0 Å². The average molecular weight is 260 g/mol. The normalized spacial score (nSPS) is 19.7. The summed E-state index contributed by atoms with van der Waals surface area (Å²) in [5.74, 6) is 0. The Bertz CT molecular complexity index is 383. The van der Waals surface area contributed by atoms with Crippen LogP contribution in [-0.2, 0) is 5.41 Å². The molecule has 2 nitrogen and oxygen atoms in total. The Hall–Kier alpha value is -1.02. The molecular formula is C17H28N2. The van der Waals surface area contributed by atoms with Gasteiger partial charge >= 0.3 is 0 Å². The van der Waals surface area contributed by atoms with Crippen molar-refractivity contribution in [3.8, 4) is 0 Å². The van der Waals surface area contributed by atoms with Gasteiger partial charge in [0.25, 0.3) is 0 Å². The van der Waals surface area contributed by atoms with Gasteiger partial charge in [0.1, 0.15) is 0 Å². The fourth-order valence-corrected chi connectivity index (χ4v) is 2.70. The molecule has 0 bridgehead atoms. The maximum Gasteiger partial charge on any atom is 0.0363 e. The second-order valence-electron chi connectivity index (χ2n) is 6.80. The molecule has 1 saturated heterocycles. The molecule has 1 heterocycles. The van der Waals surface area contributed by atoms with Crippen molar-refractivity contribution in [2.75, 3.05) is 25.0 Å². The summed E-state index contributed by atoms with van der Waals surface area (Å²) in [7, 11) is 2.20. The van der Waals surface area contributed by atoms with Crippen LogP contribution in [0.15, 0.2) is 24.3 Å². The van der Waals surface area contributed by atoms with Gasteiger partial charge in [-0.2, -0.15) is 0 Å². The molecule has 1 aliphatic rings. The van der Waals surface area contributed by atoms with Gasteiger partial charge in [0.15, 0.2) is 0 Å². The highest BCUT2D eigenvalue weighted by atomic mass is 15.1. The highest BCUT2D eigenvalue weighted by molar-refractivity contribution is 5.47. The van der Waals surface area contributed by atoms with Crippen LogP contribution in [0.3, 0.4) is 0 Å². The molecule has 1 aromatic carbocycles. The third-order valence-corrected chi connectivity index (χ3v) is 4.15. The minimum Gasteiger partial charge on any atom is -0.375 e. The van der Waals surface area contributed by atoms with E-state index in [0.717, 1.165) is 12.6 Å². The van der Waals surface area contributed by atoms with Gasteiger partial charge in [-0.25, -0.2) is 0 Å². The number of benzene rings is 1. The van der Waals surface area contributed by atoms with Crippen molar-refractivity contribution < 1.29 is 0 Å². The summed E-state index contributed by atoms with van der Waals surface area (Å²) in [6, 6.07) is 9.77. The first-order chi connectivity index (χ1) is 8.97. The Balaban J connectivity index is 1.89. The van der Waals surface area contributed by atoms with Crippen LogP contribution in [0, 0.1) is 0 Å². The van der Waals surface area contributed by atoms with Crippen LogP contribution in [0.4, 0.5) is 5.69 Å². The summed E-state index contributed by atoms with van der Waals surface area (Å²) >= 11 is 0. The lowest BCUT2D eigenvalue weighted by Gasteiger charge is -2.24. The van der Waals surface area contributed by atoms with Crippen LogP contribution in [0.1, 0.15) is 45.6 Å². The van der Waals surface area contributed by atoms with E-state index in [2.05, 4.69) is 62.3 Å². The summed E-state index contributed by atoms with van der Waals surface area (Å²) in [4.78, 5) is 2.37. The SMILES string of the molecule is CN(CCC1CCCN1)c1ccc(C(C)(C)C)cc1. The van der Waals surface area contributed by atoms with Crippen LogP contribution in [0.25, 0.3) is 0 Å². The van der Waals surface area contributed by atoms with E-state index in [9.17, 15) is 0 Å². The van der Waals surface area contributed by atoms with Gasteiger partial charge in [-0.1, -0.05) is 32.9 Å². The Morgan fingerprint density at radius 1 is 1.21 bits per heavy atom. The molecule has 1 unspecified atom stereocenters. The standard InChI is InChI=1S/C17H28N2/c1-17(2,3)14-7-9-16(10-8-14)19(4)13-11-15-6-5-12-18-15/h7-10,15,18H,5-6,11-13H2,1-4H3. The Kier molecular flexibility index (Phi) is 4.51. The molecule has 2 heteroatoms. The van der Waals surface area contributed by atoms with E-state index in [0.29, 0.717) is 0 Å². The fraction of sp³-hybridized carbons (Fsp3) is 0.647. The van der Waals surface area contributed by atoms with E-state index < -0.39 is 0 Å². The van der Waals surface area contributed by atoms with Crippen molar-refractivity contribution in [2.24, 2.45) is 0 Å². The van der Waals surface area contributed by atoms with E-state index in [4.69, 9.17) is 0 Å². The van der Waals surface area contributed by atoms with Crippen LogP contribution >= 0.6 is 0 Å². The van der Waals surface area contributed by atoms with Gasteiger partial charge in [-0.05, 0) is 48.9 Å². The molecule has 1 N–H and O–H groups in total. The van der Waals surface area contributed by atoms with Crippen molar-refractivity contribution in [1.82, 2.24) is 5.32 Å². The number of anilines is 1. The lowest BCUT2D eigenvalue weighted by atomic mass is 9.87. The summed E-state index contributed by atoms with van der Waals surface area (Å²) < 4.78 is 0. The average Bonchev–Trinajstić information content (AvgIpc) is 2.88. The minimum absolute atomic E-state index is 0.241. The first-order valence-electron chi connectivity index (χ1n) is 7.52. The third kappa shape index (κ3) is 3.97. The Labute approximate surface area is 118 Å². The fourth-order valence-electron chi connectivity index (χ4n) is 2.70. The quantitative estimate of drug-likeness (QED) is 0.890. The van der Waals surface area contributed by atoms with E-state index in [1.807, 2.05) is 0 Å². The summed E-state index contributed by atoms with van der Waals surface area (Å²) in [6.45, 7) is 9.12. The van der Waals surface area contributed by atoms with Crippen LogP contribution < -0.4 is 10.2 Å². The molecule has 1 atom stereocenters. The largest absolute Gasteiger partial charge is 0.375 e. The molecule has 1 aliphatic heterocycles.